The first-order chi connectivity index (χ1) is 5.33. The summed E-state index contributed by atoms with van der Waals surface area (Å²) < 4.78 is 0. The fraction of sp³-hybridized carbons (Fsp3) is 0. The minimum absolute atomic E-state index is 0.383. The maximum atomic E-state index is 10.7. The number of amides is 1. The first-order valence-electron chi connectivity index (χ1n) is 2.75. The van der Waals surface area contributed by atoms with E-state index in [-0.39, 0.29) is 5.91 Å². The Hall–Kier alpha value is -1.28. The van der Waals surface area contributed by atoms with Crippen molar-refractivity contribution in [1.29, 1.82) is 0 Å². The van der Waals surface area contributed by atoms with Gasteiger partial charge in [-0.3, -0.25) is 9.89 Å². The Morgan fingerprint density at radius 1 is 1.82 bits per heavy atom. The zero-order valence-electron chi connectivity index (χ0n) is 5.39. The van der Waals surface area contributed by atoms with Crippen LogP contribution in [0.1, 0.15) is 0 Å². The second kappa shape index (κ2) is 3.78. The van der Waals surface area contributed by atoms with E-state index in [2.05, 4.69) is 42.2 Å². The summed E-state index contributed by atoms with van der Waals surface area (Å²) in [6.07, 6.45) is 1.54. The summed E-state index contributed by atoms with van der Waals surface area (Å²) in [5.41, 5.74) is 0. The molecule has 56 valence electrons. The molecule has 0 saturated heterocycles. The summed E-state index contributed by atoms with van der Waals surface area (Å²) in [6.45, 7) is 0. The van der Waals surface area contributed by atoms with Gasteiger partial charge in [-0.1, -0.05) is 0 Å². The fourth-order valence-electron chi connectivity index (χ4n) is 0.522. The molecule has 1 rings (SSSR count). The fourth-order valence-corrected chi connectivity index (χ4v) is 0.702. The standard InChI is InChI=1S/C6H4BrN3O/c7-3-1-6(11)9-5-2-4-8-10-5/h2,4H,(H2,8,9,10,11). The topological polar surface area (TPSA) is 57.8 Å². The van der Waals surface area contributed by atoms with E-state index >= 15 is 0 Å². The molecule has 4 nitrogen and oxygen atoms in total. The molecule has 0 aliphatic rings. The molecule has 0 atom stereocenters. The van der Waals surface area contributed by atoms with Gasteiger partial charge < -0.3 is 5.32 Å². The van der Waals surface area contributed by atoms with Crippen molar-refractivity contribution in [3.05, 3.63) is 12.3 Å². The van der Waals surface area contributed by atoms with Gasteiger partial charge >= 0.3 is 5.91 Å². The molecule has 0 aliphatic carbocycles. The number of hydrogen-bond donors (Lipinski definition) is 2. The first-order valence-corrected chi connectivity index (χ1v) is 3.54. The van der Waals surface area contributed by atoms with Crippen molar-refractivity contribution in [1.82, 2.24) is 10.2 Å². The van der Waals surface area contributed by atoms with Crippen molar-refractivity contribution in [2.24, 2.45) is 0 Å². The van der Waals surface area contributed by atoms with Crippen LogP contribution in [0.4, 0.5) is 5.82 Å². The quantitative estimate of drug-likeness (QED) is 0.676. The van der Waals surface area contributed by atoms with E-state index in [0.29, 0.717) is 5.82 Å². The molecule has 0 spiro atoms. The molecule has 1 aromatic heterocycles. The van der Waals surface area contributed by atoms with E-state index in [0.717, 1.165) is 0 Å². The number of halogens is 1. The van der Waals surface area contributed by atoms with Gasteiger partial charge in [0.1, 0.15) is 5.82 Å². The maximum absolute atomic E-state index is 10.7. The predicted molar refractivity (Wildman–Crippen MR) is 43.9 cm³/mol. The third kappa shape index (κ3) is 2.43. The maximum Gasteiger partial charge on any atom is 0.302 e. The molecule has 0 fully saturated rings. The van der Waals surface area contributed by atoms with E-state index in [9.17, 15) is 4.79 Å². The molecule has 0 aromatic carbocycles. The number of anilines is 1. The highest BCUT2D eigenvalue weighted by atomic mass is 79.9. The number of nitrogens with one attached hydrogen (secondary N) is 2. The predicted octanol–water partition coefficient (Wildman–Crippen LogP) is 0.704. The number of nitrogens with zero attached hydrogens (tertiary/aromatic N) is 1. The minimum Gasteiger partial charge on any atom is -0.300 e. The molecule has 11 heavy (non-hydrogen) atoms. The van der Waals surface area contributed by atoms with Gasteiger partial charge in [0.2, 0.25) is 0 Å². The van der Waals surface area contributed by atoms with Crippen LogP contribution in [-0.4, -0.2) is 16.1 Å². The van der Waals surface area contributed by atoms with Crippen molar-refractivity contribution < 1.29 is 4.79 Å². The van der Waals surface area contributed by atoms with Crippen LogP contribution < -0.4 is 5.32 Å². The van der Waals surface area contributed by atoms with E-state index in [4.69, 9.17) is 0 Å². The average Bonchev–Trinajstić information content (AvgIpc) is 2.40. The highest BCUT2D eigenvalue weighted by molar-refractivity contribution is 9.12. The van der Waals surface area contributed by atoms with Crippen molar-refractivity contribution >= 4 is 27.7 Å². The lowest BCUT2D eigenvalue weighted by atomic mass is 10.5. The molecule has 0 bridgehead atoms. The zero-order chi connectivity index (χ0) is 8.10. The molecule has 1 amide bonds. The SMILES string of the molecule is O=C(C#CBr)Nc1ccn[nH]1. The summed E-state index contributed by atoms with van der Waals surface area (Å²) >= 11 is 2.81. The lowest BCUT2D eigenvalue weighted by Gasteiger charge is -1.92. The first kappa shape index (κ1) is 7.82. The van der Waals surface area contributed by atoms with Crippen molar-refractivity contribution in [2.45, 2.75) is 0 Å². The largest absolute Gasteiger partial charge is 0.302 e. The van der Waals surface area contributed by atoms with Gasteiger partial charge in [-0.05, 0) is 4.83 Å². The molecule has 0 unspecified atom stereocenters. The Bertz CT molecular complexity index is 295. The Kier molecular flexibility index (Phi) is 2.69. The van der Waals surface area contributed by atoms with E-state index in [1.54, 1.807) is 6.07 Å². The van der Waals surface area contributed by atoms with Crippen LogP contribution in [0, 0.1) is 10.8 Å². The average molecular weight is 214 g/mol. The number of rotatable bonds is 1. The summed E-state index contributed by atoms with van der Waals surface area (Å²) in [6, 6.07) is 1.63. The lowest BCUT2D eigenvalue weighted by Crippen LogP contribution is -2.08. The Labute approximate surface area is 71.5 Å². The number of carbonyl (C=O) groups excluding carboxylic acids is 1. The van der Waals surface area contributed by atoms with Gasteiger partial charge in [0, 0.05) is 27.9 Å². The summed E-state index contributed by atoms with van der Waals surface area (Å²) in [4.78, 5) is 13.0. The van der Waals surface area contributed by atoms with Crippen LogP contribution >= 0.6 is 15.9 Å². The second-order valence-corrected chi connectivity index (χ2v) is 2.04. The molecule has 0 radical (unpaired) electrons. The van der Waals surface area contributed by atoms with Gasteiger partial charge in [-0.2, -0.15) is 5.10 Å². The Morgan fingerprint density at radius 2 is 2.64 bits per heavy atom. The van der Waals surface area contributed by atoms with Crippen LogP contribution in [0.3, 0.4) is 0 Å². The van der Waals surface area contributed by atoms with Gasteiger partial charge in [-0.25, -0.2) is 0 Å². The zero-order valence-corrected chi connectivity index (χ0v) is 6.97. The van der Waals surface area contributed by atoms with Crippen molar-refractivity contribution in [2.75, 3.05) is 5.32 Å². The number of aromatic amines is 1. The number of carbonyl (C=O) groups is 1. The Balaban J connectivity index is 2.55. The molecule has 5 heteroatoms. The van der Waals surface area contributed by atoms with Gasteiger partial charge in [-0.15, -0.1) is 0 Å². The second-order valence-electron chi connectivity index (χ2n) is 1.64. The molecule has 1 heterocycles. The highest BCUT2D eigenvalue weighted by Crippen LogP contribution is 1.96. The van der Waals surface area contributed by atoms with Gasteiger partial charge in [0.25, 0.3) is 0 Å². The van der Waals surface area contributed by atoms with Crippen LogP contribution in [0.15, 0.2) is 12.3 Å². The normalized spacial score (nSPS) is 8.09. The highest BCUT2D eigenvalue weighted by Gasteiger charge is 1.96. The number of aromatic nitrogens is 2. The molecule has 2 N–H and O–H groups in total. The summed E-state index contributed by atoms with van der Waals surface area (Å²) in [5, 5.41) is 8.66. The van der Waals surface area contributed by atoms with Crippen molar-refractivity contribution in [3.8, 4) is 10.8 Å². The third-order valence-electron chi connectivity index (χ3n) is 0.910. The lowest BCUT2D eigenvalue weighted by molar-refractivity contribution is -0.111. The summed E-state index contributed by atoms with van der Waals surface area (Å²) in [5.74, 6) is 2.40. The monoisotopic (exact) mass is 213 g/mol. The smallest absolute Gasteiger partial charge is 0.300 e. The van der Waals surface area contributed by atoms with Gasteiger partial charge in [0.05, 0.1) is 6.20 Å². The van der Waals surface area contributed by atoms with E-state index in [1.165, 1.54) is 6.20 Å². The van der Waals surface area contributed by atoms with Crippen LogP contribution in [0.5, 0.6) is 0 Å². The van der Waals surface area contributed by atoms with E-state index in [1.807, 2.05) is 0 Å². The van der Waals surface area contributed by atoms with E-state index < -0.39 is 0 Å². The summed E-state index contributed by atoms with van der Waals surface area (Å²) in [7, 11) is 0. The van der Waals surface area contributed by atoms with Crippen molar-refractivity contribution in [3.63, 3.8) is 0 Å². The molecular weight excluding hydrogens is 210 g/mol. The molecular formula is C6H4BrN3O. The molecule has 0 saturated carbocycles. The molecule has 1 aromatic rings. The van der Waals surface area contributed by atoms with Crippen LogP contribution in [0.2, 0.25) is 0 Å². The van der Waals surface area contributed by atoms with Crippen LogP contribution in [0.25, 0.3) is 0 Å². The van der Waals surface area contributed by atoms with Gasteiger partial charge in [0.15, 0.2) is 0 Å². The Morgan fingerprint density at radius 3 is 3.18 bits per heavy atom. The molecule has 0 aliphatic heterocycles. The minimum atomic E-state index is -0.383. The van der Waals surface area contributed by atoms with Crippen LogP contribution in [-0.2, 0) is 4.79 Å². The third-order valence-corrected chi connectivity index (χ3v) is 1.11. The number of hydrogen-bond acceptors (Lipinski definition) is 2. The number of H-pyrrole nitrogens is 1.